The van der Waals surface area contributed by atoms with Crippen molar-refractivity contribution in [3.63, 3.8) is 0 Å². The molecule has 1 heterocycles. The zero-order valence-corrected chi connectivity index (χ0v) is 30.5. The maximum absolute atomic E-state index is 14.3. The molecule has 2 saturated carbocycles. The SMILES string of the molecule is COc1cccc(OC)c1-c1cc(C(=O)NC2(C(=O)O)C(C)CC3CC(C)CC2C3)nn1-c1ccc(NCCCCN(C)C)cc1C(C)C. The molecular weight excluding hydrogens is 618 g/mol. The van der Waals surface area contributed by atoms with E-state index in [1.807, 2.05) is 37.3 Å². The molecule has 3 N–H and O–H groups in total. The van der Waals surface area contributed by atoms with Gasteiger partial charge in [-0.05, 0) is 131 Å². The van der Waals surface area contributed by atoms with Crippen LogP contribution in [-0.4, -0.2) is 78.6 Å². The number of carboxylic acid groups (broad SMARTS) is 1. The summed E-state index contributed by atoms with van der Waals surface area (Å²) in [5.74, 6) is 0.362. The Morgan fingerprint density at radius 1 is 1.02 bits per heavy atom. The topological polar surface area (TPSA) is 118 Å². The lowest BCUT2D eigenvalue weighted by atomic mass is 9.56. The van der Waals surface area contributed by atoms with Gasteiger partial charge in [-0.2, -0.15) is 5.10 Å². The Morgan fingerprint density at radius 3 is 2.37 bits per heavy atom. The molecule has 5 unspecified atom stereocenters. The average molecular weight is 674 g/mol. The molecule has 2 aliphatic carbocycles. The third-order valence-electron chi connectivity index (χ3n) is 10.7. The number of fused-ring (bicyclic) bond motifs is 2. The summed E-state index contributed by atoms with van der Waals surface area (Å²) in [6, 6.07) is 13.5. The fourth-order valence-electron chi connectivity index (χ4n) is 8.38. The largest absolute Gasteiger partial charge is 0.496 e. The van der Waals surface area contributed by atoms with E-state index in [1.54, 1.807) is 25.0 Å². The lowest BCUT2D eigenvalue weighted by Crippen LogP contribution is -2.66. The summed E-state index contributed by atoms with van der Waals surface area (Å²) in [6.07, 6.45) is 5.65. The third-order valence-corrected chi connectivity index (χ3v) is 10.7. The molecule has 2 aromatic carbocycles. The van der Waals surface area contributed by atoms with E-state index in [0.29, 0.717) is 34.6 Å². The van der Waals surface area contributed by atoms with Crippen molar-refractivity contribution in [3.05, 3.63) is 53.7 Å². The molecule has 2 fully saturated rings. The first-order valence-electron chi connectivity index (χ1n) is 17.8. The number of nitrogens with zero attached hydrogens (tertiary/aromatic N) is 3. The number of aliphatic carboxylic acids is 1. The quantitative estimate of drug-likeness (QED) is 0.156. The van der Waals surface area contributed by atoms with Gasteiger partial charge in [0.2, 0.25) is 0 Å². The van der Waals surface area contributed by atoms with Crippen LogP contribution in [0.1, 0.15) is 88.2 Å². The Balaban J connectivity index is 1.58. The van der Waals surface area contributed by atoms with E-state index in [4.69, 9.17) is 14.6 Å². The highest BCUT2D eigenvalue weighted by molar-refractivity contribution is 5.98. The van der Waals surface area contributed by atoms with Crippen LogP contribution in [0.3, 0.4) is 0 Å². The van der Waals surface area contributed by atoms with Crippen molar-refractivity contribution in [2.75, 3.05) is 46.7 Å². The number of amides is 1. The van der Waals surface area contributed by atoms with Crippen molar-refractivity contribution in [1.29, 1.82) is 0 Å². The monoisotopic (exact) mass is 673 g/mol. The first-order chi connectivity index (χ1) is 23.4. The number of ether oxygens (including phenoxy) is 2. The number of benzene rings is 2. The molecular formula is C39H55N5O5. The van der Waals surface area contributed by atoms with Crippen molar-refractivity contribution in [1.82, 2.24) is 20.0 Å². The number of carboxylic acids is 1. The fourth-order valence-corrected chi connectivity index (χ4v) is 8.38. The van der Waals surface area contributed by atoms with Gasteiger partial charge in [0.15, 0.2) is 5.69 Å². The summed E-state index contributed by atoms with van der Waals surface area (Å²) in [6.45, 7) is 10.4. The molecule has 5 atom stereocenters. The zero-order valence-electron chi connectivity index (χ0n) is 30.5. The lowest BCUT2D eigenvalue weighted by Gasteiger charge is -2.52. The maximum atomic E-state index is 14.3. The van der Waals surface area contributed by atoms with Crippen molar-refractivity contribution >= 4 is 17.6 Å². The van der Waals surface area contributed by atoms with E-state index in [2.05, 4.69) is 56.5 Å². The van der Waals surface area contributed by atoms with Gasteiger partial charge in [-0.3, -0.25) is 4.79 Å². The predicted octanol–water partition coefficient (Wildman–Crippen LogP) is 7.08. The van der Waals surface area contributed by atoms with Crippen LogP contribution < -0.4 is 20.1 Å². The maximum Gasteiger partial charge on any atom is 0.329 e. The number of methoxy groups -OCH3 is 2. The number of nitrogens with one attached hydrogen (secondary N) is 2. The first kappa shape index (κ1) is 36.2. The highest BCUT2D eigenvalue weighted by Gasteiger charge is 2.56. The summed E-state index contributed by atoms with van der Waals surface area (Å²) in [5.41, 5.74) is 2.93. The van der Waals surface area contributed by atoms with E-state index >= 15 is 0 Å². The van der Waals surface area contributed by atoms with Crippen molar-refractivity contribution in [2.24, 2.45) is 23.7 Å². The summed E-state index contributed by atoms with van der Waals surface area (Å²) in [7, 11) is 7.38. The molecule has 5 rings (SSSR count). The Morgan fingerprint density at radius 2 is 1.73 bits per heavy atom. The van der Waals surface area contributed by atoms with Crippen LogP contribution in [0.5, 0.6) is 11.5 Å². The predicted molar refractivity (Wildman–Crippen MR) is 194 cm³/mol. The molecule has 2 aliphatic rings. The second kappa shape index (κ2) is 15.2. The molecule has 3 aromatic rings. The summed E-state index contributed by atoms with van der Waals surface area (Å²) in [4.78, 5) is 29.7. The molecule has 10 nitrogen and oxygen atoms in total. The molecule has 10 heteroatoms. The normalized spacial score (nSPS) is 23.4. The van der Waals surface area contributed by atoms with Crippen LogP contribution in [0.15, 0.2) is 42.5 Å². The highest BCUT2D eigenvalue weighted by Crippen LogP contribution is 2.50. The highest BCUT2D eigenvalue weighted by atomic mass is 16.5. The fraction of sp³-hybridized carbons (Fsp3) is 0.564. The van der Waals surface area contributed by atoms with Crippen molar-refractivity contribution < 1.29 is 24.2 Å². The summed E-state index contributed by atoms with van der Waals surface area (Å²) < 4.78 is 13.4. The van der Waals surface area contributed by atoms with Gasteiger partial charge in [0.25, 0.3) is 5.91 Å². The van der Waals surface area contributed by atoms with Gasteiger partial charge >= 0.3 is 5.97 Å². The van der Waals surface area contributed by atoms with Crippen LogP contribution in [-0.2, 0) is 4.79 Å². The molecule has 0 radical (unpaired) electrons. The minimum atomic E-state index is -1.36. The van der Waals surface area contributed by atoms with Crippen LogP contribution >= 0.6 is 0 Å². The van der Waals surface area contributed by atoms with Crippen LogP contribution in [0, 0.1) is 23.7 Å². The Hall–Kier alpha value is -4.05. The van der Waals surface area contributed by atoms with Gasteiger partial charge in [-0.1, -0.05) is 33.8 Å². The Kier molecular flexibility index (Phi) is 11.3. The summed E-state index contributed by atoms with van der Waals surface area (Å²) in [5, 5.41) is 22.3. The minimum Gasteiger partial charge on any atom is -0.496 e. The lowest BCUT2D eigenvalue weighted by molar-refractivity contribution is -0.155. The molecule has 1 amide bonds. The van der Waals surface area contributed by atoms with E-state index in [9.17, 15) is 14.7 Å². The third kappa shape index (κ3) is 7.44. The number of hydrogen-bond acceptors (Lipinski definition) is 7. The van der Waals surface area contributed by atoms with Gasteiger partial charge < -0.3 is 30.1 Å². The molecule has 2 bridgehead atoms. The van der Waals surface area contributed by atoms with E-state index < -0.39 is 17.4 Å². The van der Waals surface area contributed by atoms with Crippen LogP contribution in [0.25, 0.3) is 16.9 Å². The molecule has 1 aromatic heterocycles. The van der Waals surface area contributed by atoms with Gasteiger partial charge in [0, 0.05) is 12.2 Å². The molecule has 0 aliphatic heterocycles. The summed E-state index contributed by atoms with van der Waals surface area (Å²) >= 11 is 0. The molecule has 49 heavy (non-hydrogen) atoms. The standard InChI is InChI=1S/C39H55N5O5/c1-24(2)30-22-29(40-16-9-10-17-43(5)6)14-15-32(30)44-33(36-34(48-7)12-11-13-35(36)49-8)23-31(42-44)37(45)41-39(38(46)47)26(4)20-27-18-25(3)19-28(39)21-27/h11-15,22-28,40H,9-10,16-21H2,1-8H3,(H,41,45)(H,46,47). The number of aromatic nitrogens is 2. The van der Waals surface area contributed by atoms with E-state index in [0.717, 1.165) is 68.6 Å². The van der Waals surface area contributed by atoms with Gasteiger partial charge in [0.05, 0.1) is 31.2 Å². The Bertz CT molecular complexity index is 1610. The van der Waals surface area contributed by atoms with Gasteiger partial charge in [0.1, 0.15) is 17.0 Å². The Labute approximate surface area is 291 Å². The second-order valence-electron chi connectivity index (χ2n) is 14.9. The van der Waals surface area contributed by atoms with Crippen LogP contribution in [0.2, 0.25) is 0 Å². The first-order valence-corrected chi connectivity index (χ1v) is 17.8. The van der Waals surface area contributed by atoms with Gasteiger partial charge in [-0.15, -0.1) is 0 Å². The molecule has 266 valence electrons. The smallest absolute Gasteiger partial charge is 0.329 e. The zero-order chi connectivity index (χ0) is 35.5. The van der Waals surface area contributed by atoms with Crippen molar-refractivity contribution in [2.45, 2.75) is 77.7 Å². The van der Waals surface area contributed by atoms with E-state index in [1.165, 1.54) is 0 Å². The van der Waals surface area contributed by atoms with E-state index in [-0.39, 0.29) is 23.4 Å². The number of rotatable bonds is 14. The number of hydrogen-bond donors (Lipinski definition) is 3. The minimum absolute atomic E-state index is 0.138. The van der Waals surface area contributed by atoms with Crippen LogP contribution in [0.4, 0.5) is 5.69 Å². The number of carbonyl (C=O) groups is 2. The number of anilines is 1. The molecule has 0 saturated heterocycles. The number of unbranched alkanes of at least 4 members (excludes halogenated alkanes) is 1. The number of carbonyl (C=O) groups excluding carboxylic acids is 1. The average Bonchev–Trinajstić information content (AvgIpc) is 3.50. The molecule has 0 spiro atoms. The van der Waals surface area contributed by atoms with Crippen molar-refractivity contribution in [3.8, 4) is 28.4 Å². The second-order valence-corrected chi connectivity index (χ2v) is 14.9. The van der Waals surface area contributed by atoms with Gasteiger partial charge in [-0.25, -0.2) is 9.48 Å².